The zero-order valence-electron chi connectivity index (χ0n) is 8.76. The number of para-hydroxylation sites is 1. The van der Waals surface area contributed by atoms with E-state index in [-0.39, 0.29) is 18.5 Å². The number of hydrogen-bond acceptors (Lipinski definition) is 3. The molecule has 1 saturated heterocycles. The van der Waals surface area contributed by atoms with Crippen LogP contribution in [0, 0.1) is 0 Å². The Balaban J connectivity index is 0.00000112. The molecule has 1 unspecified atom stereocenters. The summed E-state index contributed by atoms with van der Waals surface area (Å²) in [5.41, 5.74) is 1.04. The van der Waals surface area contributed by atoms with Crippen molar-refractivity contribution in [1.82, 2.24) is 0 Å². The van der Waals surface area contributed by atoms with Crippen molar-refractivity contribution in [3.8, 4) is 0 Å². The standard InChI is InChI=1S/C11H15NO2.ClH/c1-2-11-8-9-12(14-13-11)10-6-4-3-5-7-10;/h3-7,11H,2,8-9H2,1H3;1H. The van der Waals surface area contributed by atoms with E-state index in [1.807, 2.05) is 30.3 Å². The minimum atomic E-state index is 0. The van der Waals surface area contributed by atoms with Crippen LogP contribution in [0.1, 0.15) is 19.8 Å². The summed E-state index contributed by atoms with van der Waals surface area (Å²) in [5.74, 6) is 0. The molecule has 0 spiro atoms. The van der Waals surface area contributed by atoms with Crippen LogP contribution < -0.4 is 5.06 Å². The van der Waals surface area contributed by atoms with Crippen molar-refractivity contribution >= 4 is 18.1 Å². The fourth-order valence-corrected chi connectivity index (χ4v) is 1.50. The van der Waals surface area contributed by atoms with Gasteiger partial charge in [0.2, 0.25) is 0 Å². The minimum absolute atomic E-state index is 0. The van der Waals surface area contributed by atoms with E-state index in [4.69, 9.17) is 9.88 Å². The first-order chi connectivity index (χ1) is 6.90. The first-order valence-electron chi connectivity index (χ1n) is 5.06. The third-order valence-electron chi connectivity index (χ3n) is 2.42. The molecule has 0 aromatic heterocycles. The Kier molecular flexibility index (Phi) is 4.88. The molecule has 84 valence electrons. The molecule has 4 heteroatoms. The molecule has 2 rings (SSSR count). The third kappa shape index (κ3) is 3.09. The third-order valence-corrected chi connectivity index (χ3v) is 2.42. The molecule has 1 aliphatic heterocycles. The van der Waals surface area contributed by atoms with Gasteiger partial charge in [0.1, 0.15) is 0 Å². The summed E-state index contributed by atoms with van der Waals surface area (Å²) in [4.78, 5) is 10.4. The summed E-state index contributed by atoms with van der Waals surface area (Å²) in [6, 6.07) is 9.99. The van der Waals surface area contributed by atoms with Crippen molar-refractivity contribution in [3.63, 3.8) is 0 Å². The number of benzene rings is 1. The molecular formula is C11H16ClNO2. The average molecular weight is 230 g/mol. The van der Waals surface area contributed by atoms with E-state index in [0.29, 0.717) is 0 Å². The molecule has 1 aromatic carbocycles. The molecule has 15 heavy (non-hydrogen) atoms. The minimum Gasteiger partial charge on any atom is -0.222 e. The van der Waals surface area contributed by atoms with Gasteiger partial charge >= 0.3 is 0 Å². The van der Waals surface area contributed by atoms with Gasteiger partial charge in [0, 0.05) is 0 Å². The van der Waals surface area contributed by atoms with Crippen LogP contribution in [0.25, 0.3) is 0 Å². The van der Waals surface area contributed by atoms with Crippen LogP contribution in [0.3, 0.4) is 0 Å². The van der Waals surface area contributed by atoms with Gasteiger partial charge in [-0.3, -0.25) is 0 Å². The molecule has 3 nitrogen and oxygen atoms in total. The number of halogens is 1. The molecule has 1 heterocycles. The molecule has 0 aliphatic carbocycles. The van der Waals surface area contributed by atoms with Crippen LogP contribution in [0.5, 0.6) is 0 Å². The Morgan fingerprint density at radius 1 is 1.33 bits per heavy atom. The van der Waals surface area contributed by atoms with Gasteiger partial charge in [-0.15, -0.1) is 17.4 Å². The van der Waals surface area contributed by atoms with Gasteiger partial charge < -0.3 is 0 Å². The number of anilines is 1. The average Bonchev–Trinajstić information content (AvgIpc) is 2.30. The van der Waals surface area contributed by atoms with Crippen molar-refractivity contribution in [2.45, 2.75) is 25.9 Å². The van der Waals surface area contributed by atoms with Crippen LogP contribution in [-0.2, 0) is 9.88 Å². The van der Waals surface area contributed by atoms with Crippen molar-refractivity contribution in [2.75, 3.05) is 11.6 Å². The Bertz CT molecular complexity index is 273. The lowest BCUT2D eigenvalue weighted by Gasteiger charge is -2.30. The first kappa shape index (κ1) is 12.3. The normalized spacial score (nSPS) is 20.9. The van der Waals surface area contributed by atoms with Crippen LogP contribution in [0.15, 0.2) is 30.3 Å². The lowest BCUT2D eigenvalue weighted by Crippen LogP contribution is -2.35. The molecular weight excluding hydrogens is 214 g/mol. The second-order valence-corrected chi connectivity index (χ2v) is 3.43. The lowest BCUT2D eigenvalue weighted by molar-refractivity contribution is -0.351. The van der Waals surface area contributed by atoms with Crippen LogP contribution >= 0.6 is 12.4 Å². The SMILES string of the molecule is CCC1CCN(c2ccccc2)OO1.Cl. The zero-order chi connectivity index (χ0) is 9.80. The summed E-state index contributed by atoms with van der Waals surface area (Å²) < 4.78 is 0. The van der Waals surface area contributed by atoms with Gasteiger partial charge in [-0.25, -0.2) is 9.95 Å². The highest BCUT2D eigenvalue weighted by Gasteiger charge is 2.19. The molecule has 0 bridgehead atoms. The molecule has 0 saturated carbocycles. The summed E-state index contributed by atoms with van der Waals surface area (Å²) in [7, 11) is 0. The topological polar surface area (TPSA) is 21.7 Å². The molecule has 0 amide bonds. The van der Waals surface area contributed by atoms with Gasteiger partial charge in [0.15, 0.2) is 0 Å². The highest BCUT2D eigenvalue weighted by Crippen LogP contribution is 2.20. The van der Waals surface area contributed by atoms with E-state index in [0.717, 1.165) is 25.1 Å². The van der Waals surface area contributed by atoms with Crippen molar-refractivity contribution in [3.05, 3.63) is 30.3 Å². The van der Waals surface area contributed by atoms with Crippen molar-refractivity contribution in [2.24, 2.45) is 0 Å². The fourth-order valence-electron chi connectivity index (χ4n) is 1.50. The van der Waals surface area contributed by atoms with Gasteiger partial charge in [0.25, 0.3) is 0 Å². The molecule has 0 N–H and O–H groups in total. The monoisotopic (exact) mass is 229 g/mol. The van der Waals surface area contributed by atoms with Crippen LogP contribution in [0.2, 0.25) is 0 Å². The summed E-state index contributed by atoms with van der Waals surface area (Å²) in [6.45, 7) is 2.99. The highest BCUT2D eigenvalue weighted by molar-refractivity contribution is 5.85. The van der Waals surface area contributed by atoms with E-state index in [9.17, 15) is 0 Å². The van der Waals surface area contributed by atoms with Gasteiger partial charge in [0.05, 0.1) is 18.3 Å². The second kappa shape index (κ2) is 5.95. The molecule has 1 aliphatic rings. The van der Waals surface area contributed by atoms with E-state index in [1.54, 1.807) is 5.06 Å². The summed E-state index contributed by atoms with van der Waals surface area (Å²) >= 11 is 0. The predicted octanol–water partition coefficient (Wildman–Crippen LogP) is 2.96. The Morgan fingerprint density at radius 2 is 2.07 bits per heavy atom. The van der Waals surface area contributed by atoms with Crippen molar-refractivity contribution in [1.29, 1.82) is 0 Å². The van der Waals surface area contributed by atoms with E-state index in [1.165, 1.54) is 0 Å². The molecule has 0 radical (unpaired) electrons. The first-order valence-corrected chi connectivity index (χ1v) is 5.06. The largest absolute Gasteiger partial charge is 0.222 e. The maximum absolute atomic E-state index is 5.22. The van der Waals surface area contributed by atoms with Crippen LogP contribution in [0.4, 0.5) is 5.69 Å². The fraction of sp³-hybridized carbons (Fsp3) is 0.455. The van der Waals surface area contributed by atoms with E-state index >= 15 is 0 Å². The van der Waals surface area contributed by atoms with Gasteiger partial charge in [-0.2, -0.15) is 0 Å². The Labute approximate surface area is 96.3 Å². The summed E-state index contributed by atoms with van der Waals surface area (Å²) in [5, 5.41) is 1.78. The van der Waals surface area contributed by atoms with E-state index < -0.39 is 0 Å². The molecule has 1 aromatic rings. The maximum atomic E-state index is 5.22. The quantitative estimate of drug-likeness (QED) is 0.728. The number of hydroxylamine groups is 1. The second-order valence-electron chi connectivity index (χ2n) is 3.43. The van der Waals surface area contributed by atoms with Crippen LogP contribution in [-0.4, -0.2) is 12.6 Å². The maximum Gasteiger partial charge on any atom is 0.0970 e. The molecule has 1 fully saturated rings. The highest BCUT2D eigenvalue weighted by atomic mass is 35.5. The number of hydrogen-bond donors (Lipinski definition) is 0. The Hall–Kier alpha value is -0.770. The van der Waals surface area contributed by atoms with Gasteiger partial charge in [-0.05, 0) is 25.0 Å². The van der Waals surface area contributed by atoms with E-state index in [2.05, 4.69) is 6.92 Å². The number of nitrogens with zero attached hydrogens (tertiary/aromatic N) is 1. The van der Waals surface area contributed by atoms with Crippen molar-refractivity contribution < 1.29 is 9.88 Å². The zero-order valence-corrected chi connectivity index (χ0v) is 9.57. The lowest BCUT2D eigenvalue weighted by atomic mass is 10.2. The molecule has 1 atom stereocenters. The predicted molar refractivity (Wildman–Crippen MR) is 61.9 cm³/mol. The smallest absolute Gasteiger partial charge is 0.0970 e. The number of rotatable bonds is 2. The Morgan fingerprint density at radius 3 is 2.60 bits per heavy atom. The summed E-state index contributed by atoms with van der Waals surface area (Å²) in [6.07, 6.45) is 2.27. The van der Waals surface area contributed by atoms with Gasteiger partial charge in [-0.1, -0.05) is 25.1 Å².